The first-order valence-corrected chi connectivity index (χ1v) is 5.95. The van der Waals surface area contributed by atoms with Gasteiger partial charge in [-0.15, -0.1) is 0 Å². The molecular formula is C11H10IN3O3. The lowest BCUT2D eigenvalue weighted by Gasteiger charge is -2.02. The molecule has 0 aliphatic heterocycles. The second-order valence-electron chi connectivity index (χ2n) is 3.31. The van der Waals surface area contributed by atoms with E-state index >= 15 is 0 Å². The highest BCUT2D eigenvalue weighted by Crippen LogP contribution is 2.13. The van der Waals surface area contributed by atoms with Crippen LogP contribution in [-0.4, -0.2) is 14.9 Å². The SMILES string of the molecule is N=N/C(=C\Nc1ccc(C(=O)I)cc1)CC(=O)O. The van der Waals surface area contributed by atoms with Gasteiger partial charge in [-0.2, -0.15) is 5.11 Å². The van der Waals surface area contributed by atoms with E-state index in [-0.39, 0.29) is 15.9 Å². The van der Waals surface area contributed by atoms with Crippen molar-refractivity contribution in [1.29, 1.82) is 5.53 Å². The van der Waals surface area contributed by atoms with Crippen LogP contribution in [0.2, 0.25) is 0 Å². The Kier molecular flexibility index (Phi) is 5.43. The van der Waals surface area contributed by atoms with E-state index in [1.54, 1.807) is 46.9 Å². The van der Waals surface area contributed by atoms with Crippen LogP contribution in [0.15, 0.2) is 41.3 Å². The summed E-state index contributed by atoms with van der Waals surface area (Å²) in [5.74, 6) is -1.05. The molecule has 0 saturated heterocycles. The van der Waals surface area contributed by atoms with E-state index in [1.165, 1.54) is 6.20 Å². The monoisotopic (exact) mass is 359 g/mol. The number of hydrogen-bond donors (Lipinski definition) is 3. The Balaban J connectivity index is 2.72. The van der Waals surface area contributed by atoms with Crippen molar-refractivity contribution in [3.05, 3.63) is 41.7 Å². The maximum atomic E-state index is 11.0. The van der Waals surface area contributed by atoms with Crippen molar-refractivity contribution in [1.82, 2.24) is 0 Å². The molecule has 0 bridgehead atoms. The molecular weight excluding hydrogens is 349 g/mol. The Morgan fingerprint density at radius 3 is 2.44 bits per heavy atom. The predicted molar refractivity (Wildman–Crippen MR) is 73.9 cm³/mol. The fraction of sp³-hybridized carbons (Fsp3) is 0.0909. The fourth-order valence-electron chi connectivity index (χ4n) is 1.14. The molecule has 0 heterocycles. The molecule has 0 saturated carbocycles. The molecule has 18 heavy (non-hydrogen) atoms. The summed E-state index contributed by atoms with van der Waals surface area (Å²) in [6.07, 6.45) is 1.03. The number of nitrogens with one attached hydrogen (secondary N) is 2. The second kappa shape index (κ2) is 6.84. The number of aliphatic carboxylic acids is 1. The third-order valence-electron chi connectivity index (χ3n) is 1.99. The Bertz CT molecular complexity index is 497. The van der Waals surface area contributed by atoms with Crippen LogP contribution < -0.4 is 5.32 Å². The molecule has 0 amide bonds. The standard InChI is InChI=1S/C11H10IN3O3/c12-11(18)7-1-3-8(4-2-7)14-6-9(15-13)5-10(16)17/h1-4,6,13-14H,5H2,(H,16,17)/b9-6-,15-13?. The first-order chi connectivity index (χ1) is 8.52. The van der Waals surface area contributed by atoms with Gasteiger partial charge in [-0.3, -0.25) is 9.59 Å². The molecule has 0 radical (unpaired) electrons. The van der Waals surface area contributed by atoms with Gasteiger partial charge >= 0.3 is 5.97 Å². The van der Waals surface area contributed by atoms with Gasteiger partial charge in [0, 0.05) is 40.0 Å². The van der Waals surface area contributed by atoms with Gasteiger partial charge < -0.3 is 10.4 Å². The topological polar surface area (TPSA) is 103 Å². The number of hydrogen-bond acceptors (Lipinski definition) is 5. The fourth-order valence-corrected chi connectivity index (χ4v) is 1.50. The van der Waals surface area contributed by atoms with Crippen molar-refractivity contribution < 1.29 is 14.7 Å². The minimum Gasteiger partial charge on any atom is -0.481 e. The summed E-state index contributed by atoms with van der Waals surface area (Å²) < 4.78 is -0.0533. The minimum absolute atomic E-state index is 0.0533. The van der Waals surface area contributed by atoms with Gasteiger partial charge in [-0.05, 0) is 24.3 Å². The van der Waals surface area contributed by atoms with Crippen LogP contribution in [0.5, 0.6) is 0 Å². The van der Waals surface area contributed by atoms with E-state index < -0.39 is 5.97 Å². The highest BCUT2D eigenvalue weighted by molar-refractivity contribution is 14.1. The van der Waals surface area contributed by atoms with Gasteiger partial charge in [0.15, 0.2) is 0 Å². The Labute approximate surface area is 117 Å². The Hall–Kier alpha value is -1.77. The Morgan fingerprint density at radius 1 is 1.39 bits per heavy atom. The third-order valence-corrected chi connectivity index (χ3v) is 2.62. The van der Waals surface area contributed by atoms with E-state index in [0.717, 1.165) is 0 Å². The molecule has 1 rings (SSSR count). The zero-order valence-corrected chi connectivity index (χ0v) is 11.3. The van der Waals surface area contributed by atoms with Crippen LogP contribution >= 0.6 is 22.6 Å². The summed E-state index contributed by atoms with van der Waals surface area (Å²) in [5.41, 5.74) is 8.19. The smallest absolute Gasteiger partial charge is 0.309 e. The molecule has 0 spiro atoms. The summed E-state index contributed by atoms with van der Waals surface area (Å²) >= 11 is 1.69. The highest BCUT2D eigenvalue weighted by Gasteiger charge is 2.03. The van der Waals surface area contributed by atoms with Crippen molar-refractivity contribution in [3.8, 4) is 0 Å². The van der Waals surface area contributed by atoms with E-state index in [0.29, 0.717) is 11.3 Å². The van der Waals surface area contributed by atoms with Crippen molar-refractivity contribution >= 4 is 38.0 Å². The minimum atomic E-state index is -1.05. The predicted octanol–water partition coefficient (Wildman–Crippen LogP) is 3.02. The number of rotatable bonds is 6. The van der Waals surface area contributed by atoms with Crippen molar-refractivity contribution in [3.63, 3.8) is 0 Å². The largest absolute Gasteiger partial charge is 0.481 e. The van der Waals surface area contributed by atoms with Crippen molar-refractivity contribution in [2.45, 2.75) is 6.42 Å². The van der Waals surface area contributed by atoms with Crippen LogP contribution in [0.3, 0.4) is 0 Å². The summed E-state index contributed by atoms with van der Waals surface area (Å²) in [7, 11) is 0. The molecule has 0 atom stereocenters. The molecule has 1 aromatic carbocycles. The molecule has 6 nitrogen and oxygen atoms in total. The van der Waals surface area contributed by atoms with E-state index in [2.05, 4.69) is 10.4 Å². The van der Waals surface area contributed by atoms with Gasteiger partial charge in [-0.25, -0.2) is 5.53 Å². The van der Waals surface area contributed by atoms with E-state index in [9.17, 15) is 9.59 Å². The molecule has 0 unspecified atom stereocenters. The number of anilines is 1. The molecule has 3 N–H and O–H groups in total. The molecule has 0 aliphatic carbocycles. The lowest BCUT2D eigenvalue weighted by molar-refractivity contribution is -0.136. The normalized spacial score (nSPS) is 10.8. The van der Waals surface area contributed by atoms with Crippen molar-refractivity contribution in [2.75, 3.05) is 5.32 Å². The van der Waals surface area contributed by atoms with Crippen LogP contribution in [-0.2, 0) is 4.79 Å². The van der Waals surface area contributed by atoms with Crippen molar-refractivity contribution in [2.24, 2.45) is 5.11 Å². The van der Waals surface area contributed by atoms with Gasteiger partial charge in [0.1, 0.15) is 0 Å². The summed E-state index contributed by atoms with van der Waals surface area (Å²) in [4.78, 5) is 21.5. The maximum absolute atomic E-state index is 11.0. The van der Waals surface area contributed by atoms with E-state index in [4.69, 9.17) is 10.6 Å². The maximum Gasteiger partial charge on any atom is 0.309 e. The van der Waals surface area contributed by atoms with E-state index in [1.807, 2.05) is 0 Å². The number of nitrogens with zero attached hydrogens (tertiary/aromatic N) is 1. The first-order valence-electron chi connectivity index (χ1n) is 4.87. The molecule has 0 aliphatic rings. The number of carbonyl (C=O) groups excluding carboxylic acids is 1. The van der Waals surface area contributed by atoms with Gasteiger partial charge in [0.05, 0.1) is 12.1 Å². The average molecular weight is 359 g/mol. The molecule has 1 aromatic rings. The summed E-state index contributed by atoms with van der Waals surface area (Å²) in [6.45, 7) is 0. The lowest BCUT2D eigenvalue weighted by atomic mass is 10.2. The van der Waals surface area contributed by atoms with Crippen LogP contribution in [0, 0.1) is 5.53 Å². The number of carbonyl (C=O) groups is 2. The average Bonchev–Trinajstić information content (AvgIpc) is 2.34. The molecule has 0 aromatic heterocycles. The summed E-state index contributed by atoms with van der Waals surface area (Å²) in [5, 5.41) is 14.5. The number of carboxylic acid groups (broad SMARTS) is 1. The highest BCUT2D eigenvalue weighted by atomic mass is 127. The first kappa shape index (κ1) is 14.3. The molecule has 7 heteroatoms. The number of benzene rings is 1. The van der Waals surface area contributed by atoms with Crippen LogP contribution in [0.1, 0.15) is 16.8 Å². The number of carboxylic acids is 1. The molecule has 94 valence electrons. The third kappa shape index (κ3) is 4.62. The van der Waals surface area contributed by atoms with Gasteiger partial charge in [-0.1, -0.05) is 0 Å². The van der Waals surface area contributed by atoms with Crippen LogP contribution in [0.4, 0.5) is 5.69 Å². The lowest BCUT2D eigenvalue weighted by Crippen LogP contribution is -1.98. The Morgan fingerprint density at radius 2 is 2.00 bits per heavy atom. The number of halogens is 1. The zero-order chi connectivity index (χ0) is 13.5. The second-order valence-corrected chi connectivity index (χ2v) is 4.29. The quantitative estimate of drug-likeness (QED) is 0.413. The van der Waals surface area contributed by atoms with Gasteiger partial charge in [0.25, 0.3) is 0 Å². The zero-order valence-electron chi connectivity index (χ0n) is 9.18. The van der Waals surface area contributed by atoms with Gasteiger partial charge in [0.2, 0.25) is 3.79 Å². The van der Waals surface area contributed by atoms with Crippen LogP contribution in [0.25, 0.3) is 0 Å². The summed E-state index contributed by atoms with van der Waals surface area (Å²) in [6, 6.07) is 6.68. The molecule has 0 fully saturated rings.